The van der Waals surface area contributed by atoms with Crippen molar-refractivity contribution in [3.8, 4) is 0 Å². The van der Waals surface area contributed by atoms with Gasteiger partial charge in [-0.25, -0.2) is 8.42 Å². The molecule has 0 unspecified atom stereocenters. The van der Waals surface area contributed by atoms with E-state index in [0.29, 0.717) is 12.2 Å². The molecule has 0 amide bonds. The number of hydrogen-bond donors (Lipinski definition) is 2. The first-order chi connectivity index (χ1) is 10.00. The van der Waals surface area contributed by atoms with E-state index in [-0.39, 0.29) is 5.75 Å². The quantitative estimate of drug-likeness (QED) is 0.857. The SMILES string of the molecule is CNCc1cccc(CS(=O)(=O)Nc2ccncc2C)c1. The maximum absolute atomic E-state index is 12.2. The Labute approximate surface area is 125 Å². The van der Waals surface area contributed by atoms with Crippen molar-refractivity contribution in [3.05, 3.63) is 59.4 Å². The minimum Gasteiger partial charge on any atom is -0.316 e. The second-order valence-corrected chi connectivity index (χ2v) is 6.62. The molecule has 0 aliphatic carbocycles. The molecule has 0 saturated heterocycles. The number of benzene rings is 1. The lowest BCUT2D eigenvalue weighted by Crippen LogP contribution is -2.16. The third-order valence-electron chi connectivity index (χ3n) is 3.01. The van der Waals surface area contributed by atoms with Crippen molar-refractivity contribution in [2.75, 3.05) is 11.8 Å². The van der Waals surface area contributed by atoms with E-state index in [1.54, 1.807) is 18.5 Å². The Morgan fingerprint density at radius 2 is 1.95 bits per heavy atom. The number of rotatable bonds is 6. The maximum atomic E-state index is 12.2. The highest BCUT2D eigenvalue weighted by atomic mass is 32.2. The topological polar surface area (TPSA) is 71.1 Å². The van der Waals surface area contributed by atoms with E-state index < -0.39 is 10.0 Å². The molecule has 0 atom stereocenters. The summed E-state index contributed by atoms with van der Waals surface area (Å²) in [5, 5.41) is 3.05. The predicted molar refractivity (Wildman–Crippen MR) is 84.4 cm³/mol. The molecule has 112 valence electrons. The third kappa shape index (κ3) is 4.54. The van der Waals surface area contributed by atoms with Crippen LogP contribution in [-0.4, -0.2) is 20.4 Å². The Hall–Kier alpha value is -1.92. The van der Waals surface area contributed by atoms with Gasteiger partial charge < -0.3 is 5.32 Å². The summed E-state index contributed by atoms with van der Waals surface area (Å²) < 4.78 is 27.1. The Kier molecular flexibility index (Phi) is 4.93. The summed E-state index contributed by atoms with van der Waals surface area (Å²) in [6.45, 7) is 2.53. The van der Waals surface area contributed by atoms with Crippen molar-refractivity contribution in [1.29, 1.82) is 0 Å². The first-order valence-corrected chi connectivity index (χ1v) is 8.29. The molecule has 1 heterocycles. The molecule has 0 fully saturated rings. The number of hydrogen-bond acceptors (Lipinski definition) is 4. The summed E-state index contributed by atoms with van der Waals surface area (Å²) in [4.78, 5) is 3.95. The molecule has 5 nitrogen and oxygen atoms in total. The fourth-order valence-corrected chi connectivity index (χ4v) is 3.30. The smallest absolute Gasteiger partial charge is 0.236 e. The van der Waals surface area contributed by atoms with Gasteiger partial charge in [0.15, 0.2) is 0 Å². The monoisotopic (exact) mass is 305 g/mol. The molecule has 0 saturated carbocycles. The fourth-order valence-electron chi connectivity index (χ4n) is 2.04. The molecule has 0 aliphatic rings. The van der Waals surface area contributed by atoms with Crippen LogP contribution in [0, 0.1) is 6.92 Å². The first-order valence-electron chi connectivity index (χ1n) is 6.64. The normalized spacial score (nSPS) is 11.3. The van der Waals surface area contributed by atoms with E-state index in [1.807, 2.05) is 38.2 Å². The summed E-state index contributed by atoms with van der Waals surface area (Å²) in [6.07, 6.45) is 3.20. The summed E-state index contributed by atoms with van der Waals surface area (Å²) in [5.41, 5.74) is 3.19. The average Bonchev–Trinajstić information content (AvgIpc) is 2.41. The summed E-state index contributed by atoms with van der Waals surface area (Å²) >= 11 is 0. The molecular formula is C15H19N3O2S. The highest BCUT2D eigenvalue weighted by molar-refractivity contribution is 7.91. The summed E-state index contributed by atoms with van der Waals surface area (Å²) in [7, 11) is -1.58. The standard InChI is InChI=1S/C15H19N3O2S/c1-12-9-17-7-6-15(12)18-21(19,20)11-14-5-3-4-13(8-14)10-16-2/h3-9,16H,10-11H2,1-2H3,(H,17,18). The molecule has 1 aromatic heterocycles. The van der Waals surface area contributed by atoms with Crippen LogP contribution in [0.1, 0.15) is 16.7 Å². The van der Waals surface area contributed by atoms with Crippen molar-refractivity contribution in [2.45, 2.75) is 19.2 Å². The first kappa shape index (κ1) is 15.5. The lowest BCUT2D eigenvalue weighted by molar-refractivity contribution is 0.600. The van der Waals surface area contributed by atoms with Crippen LogP contribution in [0.4, 0.5) is 5.69 Å². The number of pyridine rings is 1. The van der Waals surface area contributed by atoms with Crippen molar-refractivity contribution in [1.82, 2.24) is 10.3 Å². The molecule has 1 aromatic carbocycles. The summed E-state index contributed by atoms with van der Waals surface area (Å²) in [6, 6.07) is 9.21. The molecule has 0 aliphatic heterocycles. The number of sulfonamides is 1. The largest absolute Gasteiger partial charge is 0.316 e. The van der Waals surface area contributed by atoms with Crippen molar-refractivity contribution < 1.29 is 8.42 Å². The molecule has 6 heteroatoms. The van der Waals surface area contributed by atoms with Gasteiger partial charge >= 0.3 is 0 Å². The van der Waals surface area contributed by atoms with Gasteiger partial charge in [0.2, 0.25) is 10.0 Å². The van der Waals surface area contributed by atoms with E-state index in [0.717, 1.165) is 16.7 Å². The van der Waals surface area contributed by atoms with Gasteiger partial charge in [0.25, 0.3) is 0 Å². The maximum Gasteiger partial charge on any atom is 0.236 e. The minimum atomic E-state index is -3.44. The van der Waals surface area contributed by atoms with Gasteiger partial charge in [-0.2, -0.15) is 0 Å². The van der Waals surface area contributed by atoms with E-state index in [9.17, 15) is 8.42 Å². The van der Waals surface area contributed by atoms with Gasteiger partial charge in [-0.3, -0.25) is 9.71 Å². The van der Waals surface area contributed by atoms with E-state index in [1.165, 1.54) is 0 Å². The number of aryl methyl sites for hydroxylation is 1. The van der Waals surface area contributed by atoms with Crippen LogP contribution in [0.5, 0.6) is 0 Å². The van der Waals surface area contributed by atoms with Crippen molar-refractivity contribution in [3.63, 3.8) is 0 Å². The average molecular weight is 305 g/mol. The molecule has 0 radical (unpaired) electrons. The highest BCUT2D eigenvalue weighted by Crippen LogP contribution is 2.16. The van der Waals surface area contributed by atoms with Gasteiger partial charge in [0, 0.05) is 18.9 Å². The van der Waals surface area contributed by atoms with E-state index in [2.05, 4.69) is 15.0 Å². The fraction of sp³-hybridized carbons (Fsp3) is 0.267. The minimum absolute atomic E-state index is 0.0493. The van der Waals surface area contributed by atoms with Crippen LogP contribution in [0.2, 0.25) is 0 Å². The molecule has 2 rings (SSSR count). The lowest BCUT2D eigenvalue weighted by atomic mass is 10.1. The number of aromatic nitrogens is 1. The van der Waals surface area contributed by atoms with Crippen LogP contribution in [0.25, 0.3) is 0 Å². The van der Waals surface area contributed by atoms with Crippen LogP contribution < -0.4 is 10.0 Å². The van der Waals surface area contributed by atoms with Crippen LogP contribution >= 0.6 is 0 Å². The molecular weight excluding hydrogens is 286 g/mol. The predicted octanol–water partition coefficient (Wildman–Crippen LogP) is 2.05. The zero-order valence-corrected chi connectivity index (χ0v) is 12.9. The number of anilines is 1. The third-order valence-corrected chi connectivity index (χ3v) is 4.26. The Balaban J connectivity index is 2.14. The van der Waals surface area contributed by atoms with Gasteiger partial charge in [-0.15, -0.1) is 0 Å². The Bertz CT molecular complexity index is 714. The van der Waals surface area contributed by atoms with E-state index in [4.69, 9.17) is 0 Å². The molecule has 2 aromatic rings. The van der Waals surface area contributed by atoms with Gasteiger partial charge in [-0.05, 0) is 36.7 Å². The Morgan fingerprint density at radius 3 is 2.67 bits per heavy atom. The van der Waals surface area contributed by atoms with Crippen LogP contribution in [0.15, 0.2) is 42.7 Å². The highest BCUT2D eigenvalue weighted by Gasteiger charge is 2.13. The molecule has 21 heavy (non-hydrogen) atoms. The molecule has 0 spiro atoms. The zero-order chi connectivity index (χ0) is 15.3. The molecule has 2 N–H and O–H groups in total. The van der Waals surface area contributed by atoms with Crippen LogP contribution in [0.3, 0.4) is 0 Å². The second kappa shape index (κ2) is 6.69. The van der Waals surface area contributed by atoms with E-state index >= 15 is 0 Å². The van der Waals surface area contributed by atoms with Gasteiger partial charge in [-0.1, -0.05) is 24.3 Å². The summed E-state index contributed by atoms with van der Waals surface area (Å²) in [5.74, 6) is -0.0493. The van der Waals surface area contributed by atoms with Gasteiger partial charge in [0.05, 0.1) is 11.4 Å². The lowest BCUT2D eigenvalue weighted by Gasteiger charge is -2.10. The van der Waals surface area contributed by atoms with Crippen molar-refractivity contribution >= 4 is 15.7 Å². The molecule has 0 bridgehead atoms. The zero-order valence-electron chi connectivity index (χ0n) is 12.1. The number of nitrogens with one attached hydrogen (secondary N) is 2. The second-order valence-electron chi connectivity index (χ2n) is 4.90. The van der Waals surface area contributed by atoms with Crippen molar-refractivity contribution in [2.24, 2.45) is 0 Å². The Morgan fingerprint density at radius 1 is 1.19 bits per heavy atom. The van der Waals surface area contributed by atoms with Crippen LogP contribution in [-0.2, 0) is 22.3 Å². The van der Waals surface area contributed by atoms with Gasteiger partial charge in [0.1, 0.15) is 0 Å². The number of nitrogens with zero attached hydrogens (tertiary/aromatic N) is 1.